The summed E-state index contributed by atoms with van der Waals surface area (Å²) in [5, 5.41) is 0. The Kier molecular flexibility index (Phi) is 9.77. The zero-order valence-corrected chi connectivity index (χ0v) is 27.4. The number of benzene rings is 2. The third-order valence-corrected chi connectivity index (χ3v) is 10.5. The molecule has 1 aliphatic rings. The number of hydrogen-bond donors (Lipinski definition) is 0. The highest BCUT2D eigenvalue weighted by atomic mass is 32.2. The number of likely N-dealkylation sites (N-methyl/N-ethyl adjacent to an activating group) is 1. The van der Waals surface area contributed by atoms with Crippen LogP contribution in [0, 0.1) is 12.7 Å². The average molecular weight is 689 g/mol. The Labute approximate surface area is 269 Å². The number of amides is 1. The van der Waals surface area contributed by atoms with Gasteiger partial charge in [-0.15, -0.1) is 0 Å². The van der Waals surface area contributed by atoms with E-state index in [4.69, 9.17) is 0 Å². The molecule has 4 rings (SSSR count). The number of pyridine rings is 1. The number of aromatic nitrogens is 1. The topological polar surface area (TPSA) is 73.8 Å². The number of carbonyl (C=O) groups excluding carboxylic acids is 1. The summed E-state index contributed by atoms with van der Waals surface area (Å²) < 4.78 is 122. The van der Waals surface area contributed by atoms with Crippen molar-refractivity contribution in [1.82, 2.24) is 9.29 Å². The first-order chi connectivity index (χ1) is 21.6. The molecule has 2 aromatic carbocycles. The molecular weight excluding hydrogens is 653 g/mol. The molecule has 47 heavy (non-hydrogen) atoms. The summed E-state index contributed by atoms with van der Waals surface area (Å²) in [6, 6.07) is 6.33. The van der Waals surface area contributed by atoms with E-state index in [1.54, 1.807) is 26.8 Å². The zero-order valence-electron chi connectivity index (χ0n) is 26.6. The first-order valence-corrected chi connectivity index (χ1v) is 16.3. The van der Waals surface area contributed by atoms with Crippen molar-refractivity contribution in [2.75, 3.05) is 42.2 Å². The van der Waals surface area contributed by atoms with E-state index < -0.39 is 56.2 Å². The van der Waals surface area contributed by atoms with E-state index in [1.807, 2.05) is 4.90 Å². The number of rotatable bonds is 7. The number of piperazine rings is 1. The summed E-state index contributed by atoms with van der Waals surface area (Å²) in [5.74, 6) is -0.958. The van der Waals surface area contributed by atoms with Crippen LogP contribution in [-0.2, 0) is 32.6 Å². The Morgan fingerprint density at radius 3 is 2.02 bits per heavy atom. The van der Waals surface area contributed by atoms with Gasteiger partial charge in [-0.3, -0.25) is 4.79 Å². The van der Waals surface area contributed by atoms with E-state index >= 15 is 0 Å². The molecule has 1 fully saturated rings. The van der Waals surface area contributed by atoms with Crippen LogP contribution in [0.5, 0.6) is 0 Å². The minimum Gasteiger partial charge on any atom is -0.354 e. The van der Waals surface area contributed by atoms with E-state index in [1.165, 1.54) is 49.6 Å². The molecule has 15 heteroatoms. The Balaban J connectivity index is 1.79. The maximum atomic E-state index is 14.1. The molecule has 1 saturated heterocycles. The van der Waals surface area contributed by atoms with Crippen LogP contribution in [0.3, 0.4) is 0 Å². The Morgan fingerprint density at radius 2 is 1.51 bits per heavy atom. The maximum Gasteiger partial charge on any atom is 0.416 e. The summed E-state index contributed by atoms with van der Waals surface area (Å²) in [5.41, 5.74) is -3.89. The molecule has 3 aromatic rings. The lowest BCUT2D eigenvalue weighted by molar-refractivity contribution is -0.143. The van der Waals surface area contributed by atoms with Crippen LogP contribution < -0.4 is 9.80 Å². The summed E-state index contributed by atoms with van der Waals surface area (Å²) in [6.07, 6.45) is -8.84. The fraction of sp³-hybridized carbons (Fsp3) is 0.438. The van der Waals surface area contributed by atoms with Gasteiger partial charge >= 0.3 is 12.4 Å². The van der Waals surface area contributed by atoms with Gasteiger partial charge in [0.25, 0.3) is 0 Å². The standard InChI is InChI=1S/C32H35F7N4O3S/c1-7-47(45,46)43-11-10-42(18-20(43)3)28-16-26(25-9-8-24(33)12-19(25)2)27(17-40-28)41(6)29(44)30(4,5)21-13-22(31(34,35)36)15-23(14-21)32(37,38)39/h8-9,12-17,20H,7,10-11,18H2,1-6H3/t20-/m0/s1. The molecular formula is C32H35F7N4O3S. The average Bonchev–Trinajstić information content (AvgIpc) is 2.98. The van der Waals surface area contributed by atoms with Gasteiger partial charge in [-0.2, -0.15) is 30.6 Å². The fourth-order valence-corrected chi connectivity index (χ4v) is 7.02. The maximum absolute atomic E-state index is 14.1. The lowest BCUT2D eigenvalue weighted by Gasteiger charge is -2.39. The van der Waals surface area contributed by atoms with Crippen molar-refractivity contribution in [3.63, 3.8) is 0 Å². The second kappa shape index (κ2) is 12.7. The van der Waals surface area contributed by atoms with E-state index in [0.29, 0.717) is 47.7 Å². The summed E-state index contributed by atoms with van der Waals surface area (Å²) in [6.45, 7) is 8.25. The number of sulfonamides is 1. The Hall–Kier alpha value is -3.72. The Bertz CT molecular complexity index is 1740. The lowest BCUT2D eigenvalue weighted by atomic mass is 9.81. The van der Waals surface area contributed by atoms with Gasteiger partial charge < -0.3 is 9.80 Å². The predicted molar refractivity (Wildman–Crippen MR) is 165 cm³/mol. The normalized spacial score (nSPS) is 16.8. The number of halogens is 7. The summed E-state index contributed by atoms with van der Waals surface area (Å²) >= 11 is 0. The first-order valence-electron chi connectivity index (χ1n) is 14.7. The van der Waals surface area contributed by atoms with Gasteiger partial charge in [-0.05, 0) is 87.7 Å². The molecule has 0 radical (unpaired) electrons. The zero-order chi connectivity index (χ0) is 35.3. The number of anilines is 2. The number of alkyl halides is 6. The van der Waals surface area contributed by atoms with E-state index in [0.717, 1.165) is 4.90 Å². The highest BCUT2D eigenvalue weighted by Crippen LogP contribution is 2.41. The first kappa shape index (κ1) is 36.1. The van der Waals surface area contributed by atoms with Crippen molar-refractivity contribution in [1.29, 1.82) is 0 Å². The van der Waals surface area contributed by atoms with Crippen LogP contribution in [0.4, 0.5) is 42.2 Å². The van der Waals surface area contributed by atoms with E-state index in [-0.39, 0.29) is 30.1 Å². The van der Waals surface area contributed by atoms with Crippen molar-refractivity contribution >= 4 is 27.4 Å². The smallest absolute Gasteiger partial charge is 0.354 e. The number of hydrogen-bond acceptors (Lipinski definition) is 5. The minimum atomic E-state index is -5.10. The van der Waals surface area contributed by atoms with Crippen molar-refractivity contribution in [2.24, 2.45) is 0 Å². The third-order valence-electron chi connectivity index (χ3n) is 8.47. The van der Waals surface area contributed by atoms with Crippen LogP contribution >= 0.6 is 0 Å². The molecule has 2 heterocycles. The van der Waals surface area contributed by atoms with Crippen molar-refractivity contribution in [3.8, 4) is 11.1 Å². The van der Waals surface area contributed by atoms with Crippen molar-refractivity contribution in [3.05, 3.63) is 76.7 Å². The molecule has 1 atom stereocenters. The lowest BCUT2D eigenvalue weighted by Crippen LogP contribution is -2.54. The summed E-state index contributed by atoms with van der Waals surface area (Å²) in [4.78, 5) is 21.5. The van der Waals surface area contributed by atoms with Gasteiger partial charge in [0.1, 0.15) is 11.6 Å². The van der Waals surface area contributed by atoms with Crippen LogP contribution in [-0.4, -0.2) is 62.1 Å². The number of nitrogens with zero attached hydrogens (tertiary/aromatic N) is 4. The van der Waals surface area contributed by atoms with Crippen LogP contribution in [0.15, 0.2) is 48.7 Å². The second-order valence-corrected chi connectivity index (χ2v) is 14.3. The third kappa shape index (κ3) is 7.40. The molecule has 0 saturated carbocycles. The van der Waals surface area contributed by atoms with Crippen molar-refractivity contribution < 1.29 is 43.9 Å². The quantitative estimate of drug-likeness (QED) is 0.249. The van der Waals surface area contributed by atoms with Crippen molar-refractivity contribution in [2.45, 2.75) is 58.4 Å². The van der Waals surface area contributed by atoms with Gasteiger partial charge in [-0.1, -0.05) is 6.07 Å². The molecule has 0 bridgehead atoms. The van der Waals surface area contributed by atoms with Gasteiger partial charge in [0.05, 0.1) is 34.2 Å². The molecule has 0 N–H and O–H groups in total. The highest BCUT2D eigenvalue weighted by molar-refractivity contribution is 7.89. The highest BCUT2D eigenvalue weighted by Gasteiger charge is 2.41. The SMILES string of the molecule is CCS(=O)(=O)N1CCN(c2cc(-c3ccc(F)cc3C)c(N(C)C(=O)C(C)(C)c3cc(C(F)(F)F)cc(C(F)(F)F)c3)cn2)C[C@@H]1C. The second-order valence-electron chi connectivity index (χ2n) is 12.1. The molecule has 1 aliphatic heterocycles. The number of aryl methyl sites for hydroxylation is 1. The number of carbonyl (C=O) groups is 1. The predicted octanol–water partition coefficient (Wildman–Crippen LogP) is 7.03. The molecule has 0 spiro atoms. The molecule has 1 amide bonds. The minimum absolute atomic E-state index is 0.00414. The molecule has 0 unspecified atom stereocenters. The van der Waals surface area contributed by atoms with Gasteiger partial charge in [-0.25, -0.2) is 17.8 Å². The van der Waals surface area contributed by atoms with Gasteiger partial charge in [0.2, 0.25) is 15.9 Å². The van der Waals surface area contributed by atoms with Crippen LogP contribution in [0.2, 0.25) is 0 Å². The van der Waals surface area contributed by atoms with Crippen LogP contribution in [0.1, 0.15) is 49.9 Å². The van der Waals surface area contributed by atoms with Gasteiger partial charge in [0.15, 0.2) is 0 Å². The largest absolute Gasteiger partial charge is 0.416 e. The Morgan fingerprint density at radius 1 is 0.936 bits per heavy atom. The van der Waals surface area contributed by atoms with E-state index in [2.05, 4.69) is 4.98 Å². The van der Waals surface area contributed by atoms with Crippen LogP contribution in [0.25, 0.3) is 11.1 Å². The monoisotopic (exact) mass is 688 g/mol. The van der Waals surface area contributed by atoms with Gasteiger partial charge in [0, 0.05) is 38.3 Å². The molecule has 1 aromatic heterocycles. The van der Waals surface area contributed by atoms with E-state index in [9.17, 15) is 43.9 Å². The molecule has 256 valence electrons. The fourth-order valence-electron chi connectivity index (χ4n) is 5.72. The molecule has 7 nitrogen and oxygen atoms in total. The molecule has 0 aliphatic carbocycles. The summed E-state index contributed by atoms with van der Waals surface area (Å²) in [7, 11) is -2.11.